The fraction of sp³-hybridized carbons (Fsp3) is 0.250. The van der Waals surface area contributed by atoms with Gasteiger partial charge in [0, 0.05) is 0 Å². The van der Waals surface area contributed by atoms with Gasteiger partial charge in [0.25, 0.3) is 0 Å². The number of nitrogens with zero attached hydrogens (tertiary/aromatic N) is 2. The second-order valence-corrected chi connectivity index (χ2v) is 5.80. The summed E-state index contributed by atoms with van der Waals surface area (Å²) in [6.07, 6.45) is 2.42. The third-order valence-electron chi connectivity index (χ3n) is 2.96. The normalized spacial score (nSPS) is 16.6. The lowest BCUT2D eigenvalue weighted by Gasteiger charge is -2.21. The van der Waals surface area contributed by atoms with Crippen LogP contribution in [0.1, 0.15) is 23.2 Å². The largest absolute Gasteiger partial charge is 0.478 e. The number of hydrazone groups is 1. The van der Waals surface area contributed by atoms with Crippen molar-refractivity contribution in [3.8, 4) is 0 Å². The Morgan fingerprint density at radius 3 is 2.40 bits per heavy atom. The van der Waals surface area contributed by atoms with Gasteiger partial charge < -0.3 is 15.7 Å². The first-order valence-corrected chi connectivity index (χ1v) is 6.64. The number of carbonyl (C=O) groups excluding carboxylic acids is 1. The molecule has 1 saturated carbocycles. The van der Waals surface area contributed by atoms with E-state index in [1.807, 2.05) is 0 Å². The number of carboxylic acid groups (broad SMARTS) is 1. The van der Waals surface area contributed by atoms with E-state index in [1.54, 1.807) is 12.1 Å². The number of amidine groups is 1. The molecule has 20 heavy (non-hydrogen) atoms. The van der Waals surface area contributed by atoms with E-state index in [0.717, 1.165) is 19.1 Å². The van der Waals surface area contributed by atoms with Crippen LogP contribution >= 0.6 is 11.8 Å². The minimum atomic E-state index is -1.01. The molecular weight excluding hydrogens is 280 g/mol. The summed E-state index contributed by atoms with van der Waals surface area (Å²) in [7, 11) is 0. The minimum Gasteiger partial charge on any atom is -0.478 e. The summed E-state index contributed by atoms with van der Waals surface area (Å²) in [5.41, 5.74) is 0.695. The Hall–Kier alpha value is -2.06. The molecule has 0 bridgehead atoms. The van der Waals surface area contributed by atoms with Crippen LogP contribution in [0.3, 0.4) is 0 Å². The molecule has 1 fully saturated rings. The highest BCUT2D eigenvalue weighted by Crippen LogP contribution is 2.47. The van der Waals surface area contributed by atoms with E-state index < -0.39 is 10.7 Å². The van der Waals surface area contributed by atoms with Crippen molar-refractivity contribution in [3.63, 3.8) is 0 Å². The van der Waals surface area contributed by atoms with Crippen molar-refractivity contribution >= 4 is 34.9 Å². The Labute approximate surface area is 119 Å². The first-order chi connectivity index (χ1) is 9.51. The molecule has 0 heterocycles. The molecule has 1 aliphatic carbocycles. The third kappa shape index (κ3) is 2.91. The molecule has 0 spiro atoms. The first-order valence-electron chi connectivity index (χ1n) is 5.83. The molecule has 5 N–H and O–H groups in total. The molecule has 0 unspecified atom stereocenters. The molecule has 0 saturated heterocycles. The lowest BCUT2D eigenvalue weighted by molar-refractivity contribution is -0.107. The summed E-state index contributed by atoms with van der Waals surface area (Å²) in [5, 5.41) is 14.0. The van der Waals surface area contributed by atoms with Crippen LogP contribution in [0.4, 0.5) is 5.69 Å². The number of rotatable bonds is 4. The predicted molar refractivity (Wildman–Crippen MR) is 77.3 cm³/mol. The van der Waals surface area contributed by atoms with Crippen molar-refractivity contribution < 1.29 is 14.7 Å². The number of hydrogen-bond donors (Lipinski definition) is 3. The number of anilines is 1. The zero-order valence-electron chi connectivity index (χ0n) is 10.5. The fourth-order valence-electron chi connectivity index (χ4n) is 1.56. The van der Waals surface area contributed by atoms with Gasteiger partial charge in [0.15, 0.2) is 0 Å². The van der Waals surface area contributed by atoms with Crippen LogP contribution in [-0.2, 0) is 4.79 Å². The zero-order valence-corrected chi connectivity index (χ0v) is 11.3. The van der Waals surface area contributed by atoms with E-state index in [4.69, 9.17) is 16.8 Å². The molecule has 106 valence electrons. The summed E-state index contributed by atoms with van der Waals surface area (Å²) in [5.74, 6) is 10.2. The molecular formula is C12H14N4O3S. The lowest BCUT2D eigenvalue weighted by atomic mass is 10.2. The van der Waals surface area contributed by atoms with Gasteiger partial charge in [-0.15, -0.1) is 0 Å². The molecule has 1 aliphatic rings. The van der Waals surface area contributed by atoms with Crippen LogP contribution in [0.2, 0.25) is 0 Å². The van der Waals surface area contributed by atoms with Crippen molar-refractivity contribution in [3.05, 3.63) is 29.8 Å². The van der Waals surface area contributed by atoms with Gasteiger partial charge in [0.2, 0.25) is 5.17 Å². The van der Waals surface area contributed by atoms with Gasteiger partial charge in [-0.1, -0.05) is 11.8 Å². The maximum atomic E-state index is 11.0. The van der Waals surface area contributed by atoms with Crippen molar-refractivity contribution in [1.82, 2.24) is 0 Å². The molecule has 0 radical (unpaired) electrons. The molecule has 8 heteroatoms. The maximum absolute atomic E-state index is 11.0. The van der Waals surface area contributed by atoms with Gasteiger partial charge in [-0.2, -0.15) is 5.10 Å². The highest BCUT2D eigenvalue weighted by atomic mass is 32.2. The maximum Gasteiger partial charge on any atom is 0.335 e. The van der Waals surface area contributed by atoms with E-state index in [0.29, 0.717) is 10.9 Å². The van der Waals surface area contributed by atoms with Crippen molar-refractivity contribution in [1.29, 1.82) is 0 Å². The number of aldehydes is 1. The van der Waals surface area contributed by atoms with Gasteiger partial charge in [0.05, 0.1) is 16.0 Å². The van der Waals surface area contributed by atoms with E-state index in [9.17, 15) is 9.59 Å². The summed E-state index contributed by atoms with van der Waals surface area (Å²) in [4.78, 5) is 21.8. The average Bonchev–Trinajstić information content (AvgIpc) is 3.24. The highest BCUT2D eigenvalue weighted by molar-refractivity contribution is 8.16. The SMILES string of the molecule is N/N=C(/SC1(C=O)CC1)N(N)c1ccc(C(=O)O)cc1. The Bertz CT molecular complexity index is 554. The van der Waals surface area contributed by atoms with Gasteiger partial charge in [-0.3, -0.25) is 5.01 Å². The Kier molecular flexibility index (Phi) is 3.96. The smallest absolute Gasteiger partial charge is 0.335 e. The lowest BCUT2D eigenvalue weighted by Crippen LogP contribution is -2.38. The summed E-state index contributed by atoms with van der Waals surface area (Å²) < 4.78 is -0.475. The molecule has 0 atom stereocenters. The zero-order chi connectivity index (χ0) is 14.8. The Balaban J connectivity index is 2.14. The van der Waals surface area contributed by atoms with Gasteiger partial charge in [-0.05, 0) is 37.1 Å². The van der Waals surface area contributed by atoms with Crippen molar-refractivity contribution in [2.45, 2.75) is 17.6 Å². The molecule has 7 nitrogen and oxygen atoms in total. The standard InChI is InChI=1S/C12H14N4O3S/c13-15-11(20-12(7-17)5-6-12)16(14)9-3-1-8(2-4-9)10(18)19/h1-4,7H,5-6,13-14H2,(H,18,19)/b15-11+. The van der Waals surface area contributed by atoms with E-state index in [2.05, 4.69) is 5.10 Å². The Morgan fingerprint density at radius 2 is 2.00 bits per heavy atom. The highest BCUT2D eigenvalue weighted by Gasteiger charge is 2.45. The number of thioether (sulfide) groups is 1. The third-order valence-corrected chi connectivity index (χ3v) is 4.36. The molecule has 1 aromatic carbocycles. The molecule has 0 amide bonds. The Morgan fingerprint density at radius 1 is 1.40 bits per heavy atom. The number of carbonyl (C=O) groups is 2. The van der Waals surface area contributed by atoms with Gasteiger partial charge >= 0.3 is 5.97 Å². The predicted octanol–water partition coefficient (Wildman–Crippen LogP) is 0.759. The second-order valence-electron chi connectivity index (χ2n) is 4.42. The number of nitrogens with two attached hydrogens (primary N) is 2. The minimum absolute atomic E-state index is 0.160. The molecule has 0 aromatic heterocycles. The number of benzene rings is 1. The number of hydrogen-bond acceptors (Lipinski definition) is 6. The van der Waals surface area contributed by atoms with Crippen LogP contribution in [0, 0.1) is 0 Å². The molecule has 2 rings (SSSR count). The second kappa shape index (κ2) is 5.51. The summed E-state index contributed by atoms with van der Waals surface area (Å²) in [6.45, 7) is 0. The topological polar surface area (TPSA) is 122 Å². The van der Waals surface area contributed by atoms with Crippen molar-refractivity contribution in [2.24, 2.45) is 16.8 Å². The van der Waals surface area contributed by atoms with E-state index >= 15 is 0 Å². The van der Waals surface area contributed by atoms with Crippen molar-refractivity contribution in [2.75, 3.05) is 5.01 Å². The van der Waals surface area contributed by atoms with E-state index in [-0.39, 0.29) is 5.56 Å². The van der Waals surface area contributed by atoms with E-state index in [1.165, 1.54) is 28.9 Å². The number of aromatic carboxylic acids is 1. The van der Waals surface area contributed by atoms with Crippen LogP contribution in [0.15, 0.2) is 29.4 Å². The summed E-state index contributed by atoms with van der Waals surface area (Å²) >= 11 is 1.21. The van der Waals surface area contributed by atoms with Gasteiger partial charge in [0.1, 0.15) is 6.29 Å². The fourth-order valence-corrected chi connectivity index (χ4v) is 2.54. The quantitative estimate of drug-likeness (QED) is 0.246. The van der Waals surface area contributed by atoms with Gasteiger partial charge in [-0.25, -0.2) is 10.6 Å². The average molecular weight is 294 g/mol. The van der Waals surface area contributed by atoms with Crippen LogP contribution in [0.25, 0.3) is 0 Å². The summed E-state index contributed by atoms with van der Waals surface area (Å²) in [6, 6.07) is 5.97. The molecule has 1 aromatic rings. The molecule has 0 aliphatic heterocycles. The van der Waals surface area contributed by atoms with Crippen LogP contribution in [0.5, 0.6) is 0 Å². The van der Waals surface area contributed by atoms with Crippen LogP contribution in [-0.4, -0.2) is 27.3 Å². The first kappa shape index (κ1) is 14.4. The number of carboxylic acids is 1. The monoisotopic (exact) mass is 294 g/mol. The van der Waals surface area contributed by atoms with Crippen LogP contribution < -0.4 is 16.7 Å². The number of hydrazine groups is 1.